The average molecular weight is 439 g/mol. The summed E-state index contributed by atoms with van der Waals surface area (Å²) in [6.07, 6.45) is 0. The highest BCUT2D eigenvalue weighted by Crippen LogP contribution is 2.45. The fourth-order valence-electron chi connectivity index (χ4n) is 5.85. The van der Waals surface area contributed by atoms with E-state index in [1.54, 1.807) is 0 Å². The summed E-state index contributed by atoms with van der Waals surface area (Å²) in [5, 5.41) is 5.01. The number of imidazole rings is 1. The standard InChI is InChI=1S/C30H22N2Si/c1-19-17-18-25-27-26(19)23-15-9-10-16-24(23)29-31-20(2)28(32(27)29)30(33-25,21-11-5-3-6-12-21)22-13-7-4-8-14-22/h3-18H,1-2H3. The van der Waals surface area contributed by atoms with Crippen molar-refractivity contribution >= 4 is 42.0 Å². The third kappa shape index (κ3) is 2.35. The average Bonchev–Trinajstić information content (AvgIpc) is 3.23. The van der Waals surface area contributed by atoms with Crippen LogP contribution in [0.5, 0.6) is 0 Å². The summed E-state index contributed by atoms with van der Waals surface area (Å²) in [5.74, 6) is 0. The maximum absolute atomic E-state index is 5.24. The Hall–Kier alpha value is -3.69. The summed E-state index contributed by atoms with van der Waals surface area (Å²) in [6.45, 7) is 4.43. The minimum atomic E-state index is -0.274. The van der Waals surface area contributed by atoms with Gasteiger partial charge in [0.15, 0.2) is 0 Å². The SMILES string of the molecule is Cc1nc2c3ccccc3c3c(C)ccc4c3n2c1C(c1ccccc1)(c1ccccc1)[Si]4. The number of aryl methyl sites for hydroxylation is 2. The van der Waals surface area contributed by atoms with Gasteiger partial charge in [-0.1, -0.05) is 97.1 Å². The molecule has 0 fully saturated rings. The van der Waals surface area contributed by atoms with E-state index in [4.69, 9.17) is 4.98 Å². The highest BCUT2D eigenvalue weighted by Gasteiger charge is 2.44. The molecule has 0 N–H and O–H groups in total. The first-order chi connectivity index (χ1) is 16.2. The van der Waals surface area contributed by atoms with Gasteiger partial charge in [0.2, 0.25) is 0 Å². The van der Waals surface area contributed by atoms with Gasteiger partial charge in [0, 0.05) is 10.8 Å². The molecule has 2 radical (unpaired) electrons. The van der Waals surface area contributed by atoms with Gasteiger partial charge in [-0.25, -0.2) is 4.98 Å². The summed E-state index contributed by atoms with van der Waals surface area (Å²) in [7, 11) is 0.569. The molecule has 0 aliphatic carbocycles. The Morgan fingerprint density at radius 1 is 0.697 bits per heavy atom. The molecule has 6 aromatic rings. The van der Waals surface area contributed by atoms with Crippen molar-refractivity contribution in [2.45, 2.75) is 18.9 Å². The topological polar surface area (TPSA) is 17.3 Å². The molecule has 156 valence electrons. The smallest absolute Gasteiger partial charge is 0.145 e. The first-order valence-electron chi connectivity index (χ1n) is 11.4. The minimum Gasteiger partial charge on any atom is -0.295 e. The molecule has 7 rings (SSSR count). The van der Waals surface area contributed by atoms with Gasteiger partial charge in [-0.05, 0) is 41.1 Å². The van der Waals surface area contributed by atoms with Gasteiger partial charge in [-0.3, -0.25) is 4.40 Å². The van der Waals surface area contributed by atoms with Crippen LogP contribution in [0.15, 0.2) is 97.1 Å². The Kier molecular flexibility index (Phi) is 3.80. The molecular weight excluding hydrogens is 416 g/mol. The lowest BCUT2D eigenvalue weighted by Gasteiger charge is -2.39. The number of pyridine rings is 1. The molecule has 0 atom stereocenters. The largest absolute Gasteiger partial charge is 0.295 e. The number of hydrogen-bond acceptors (Lipinski definition) is 1. The predicted octanol–water partition coefficient (Wildman–Crippen LogP) is 5.89. The highest BCUT2D eigenvalue weighted by molar-refractivity contribution is 6.63. The van der Waals surface area contributed by atoms with Gasteiger partial charge in [0.25, 0.3) is 0 Å². The molecule has 3 heterocycles. The van der Waals surface area contributed by atoms with E-state index in [9.17, 15) is 0 Å². The van der Waals surface area contributed by atoms with E-state index in [1.165, 1.54) is 49.2 Å². The fourth-order valence-corrected chi connectivity index (χ4v) is 7.81. The van der Waals surface area contributed by atoms with Crippen molar-refractivity contribution in [3.63, 3.8) is 0 Å². The van der Waals surface area contributed by atoms with E-state index in [0.717, 1.165) is 11.3 Å². The summed E-state index contributed by atoms with van der Waals surface area (Å²) in [6, 6.07) is 35.4. The van der Waals surface area contributed by atoms with Crippen molar-refractivity contribution in [2.75, 3.05) is 0 Å². The molecule has 0 unspecified atom stereocenters. The third-order valence-corrected chi connectivity index (χ3v) is 9.05. The number of benzene rings is 4. The number of hydrogen-bond donors (Lipinski definition) is 0. The minimum absolute atomic E-state index is 0.274. The van der Waals surface area contributed by atoms with Crippen LogP contribution >= 0.6 is 0 Å². The molecule has 1 aliphatic heterocycles. The van der Waals surface area contributed by atoms with Crippen molar-refractivity contribution in [1.82, 2.24) is 9.38 Å². The molecule has 2 aromatic heterocycles. The van der Waals surface area contributed by atoms with Gasteiger partial charge in [-0.15, -0.1) is 0 Å². The number of aromatic nitrogens is 2. The zero-order valence-electron chi connectivity index (χ0n) is 18.6. The van der Waals surface area contributed by atoms with Crippen molar-refractivity contribution in [2.24, 2.45) is 0 Å². The lowest BCUT2D eigenvalue weighted by molar-refractivity contribution is 0.802. The molecule has 33 heavy (non-hydrogen) atoms. The van der Waals surface area contributed by atoms with E-state index in [-0.39, 0.29) is 5.04 Å². The third-order valence-electron chi connectivity index (χ3n) is 7.19. The highest BCUT2D eigenvalue weighted by atomic mass is 28.2. The van der Waals surface area contributed by atoms with Gasteiger partial charge < -0.3 is 0 Å². The molecule has 0 amide bonds. The van der Waals surface area contributed by atoms with Gasteiger partial charge >= 0.3 is 0 Å². The zero-order valence-corrected chi connectivity index (χ0v) is 19.6. The van der Waals surface area contributed by atoms with Crippen LogP contribution < -0.4 is 5.19 Å². The van der Waals surface area contributed by atoms with Crippen molar-refractivity contribution in [1.29, 1.82) is 0 Å². The van der Waals surface area contributed by atoms with Gasteiger partial charge in [0.05, 0.1) is 21.9 Å². The van der Waals surface area contributed by atoms with E-state index >= 15 is 0 Å². The molecule has 0 spiro atoms. The first-order valence-corrected chi connectivity index (χ1v) is 12.4. The maximum atomic E-state index is 5.24. The van der Waals surface area contributed by atoms with Crippen LogP contribution in [0.3, 0.4) is 0 Å². The van der Waals surface area contributed by atoms with E-state index < -0.39 is 0 Å². The summed E-state index contributed by atoms with van der Waals surface area (Å²) in [4.78, 5) is 5.24. The number of rotatable bonds is 2. The molecule has 2 nitrogen and oxygen atoms in total. The van der Waals surface area contributed by atoms with Crippen LogP contribution in [0.4, 0.5) is 0 Å². The first kappa shape index (κ1) is 18.8. The monoisotopic (exact) mass is 438 g/mol. The van der Waals surface area contributed by atoms with Crippen LogP contribution in [0, 0.1) is 13.8 Å². The predicted molar refractivity (Wildman–Crippen MR) is 138 cm³/mol. The number of fused-ring (bicyclic) bond motifs is 3. The Morgan fingerprint density at radius 3 is 1.97 bits per heavy atom. The van der Waals surface area contributed by atoms with E-state index in [0.29, 0.717) is 9.52 Å². The summed E-state index contributed by atoms with van der Waals surface area (Å²) >= 11 is 0. The van der Waals surface area contributed by atoms with Crippen LogP contribution in [-0.2, 0) is 5.04 Å². The molecular formula is C30H22N2Si. The van der Waals surface area contributed by atoms with Crippen molar-refractivity contribution < 1.29 is 0 Å². The molecule has 3 heteroatoms. The van der Waals surface area contributed by atoms with Gasteiger partial charge in [0.1, 0.15) is 15.2 Å². The van der Waals surface area contributed by atoms with Crippen molar-refractivity contribution in [3.8, 4) is 0 Å². The van der Waals surface area contributed by atoms with E-state index in [1.807, 2.05) is 0 Å². The molecule has 1 aliphatic rings. The Balaban J connectivity index is 1.77. The number of nitrogens with zero attached hydrogens (tertiary/aromatic N) is 2. The van der Waals surface area contributed by atoms with Gasteiger partial charge in [-0.2, -0.15) is 0 Å². The second kappa shape index (κ2) is 6.66. The van der Waals surface area contributed by atoms with Crippen molar-refractivity contribution in [3.05, 3.63) is 125 Å². The van der Waals surface area contributed by atoms with E-state index in [2.05, 4.69) is 115 Å². The zero-order chi connectivity index (χ0) is 22.2. The Morgan fingerprint density at radius 2 is 1.30 bits per heavy atom. The van der Waals surface area contributed by atoms with Crippen LogP contribution in [0.2, 0.25) is 0 Å². The summed E-state index contributed by atoms with van der Waals surface area (Å²) in [5.41, 5.74) is 8.79. The Labute approximate surface area is 195 Å². The van der Waals surface area contributed by atoms with Crippen LogP contribution in [0.1, 0.15) is 28.1 Å². The lowest BCUT2D eigenvalue weighted by Crippen LogP contribution is -2.47. The molecule has 0 saturated carbocycles. The molecule has 0 saturated heterocycles. The fraction of sp³-hybridized carbons (Fsp3) is 0.100. The quantitative estimate of drug-likeness (QED) is 0.243. The lowest BCUT2D eigenvalue weighted by atomic mass is 9.85. The second-order valence-electron chi connectivity index (χ2n) is 9.01. The molecule has 4 aromatic carbocycles. The summed E-state index contributed by atoms with van der Waals surface area (Å²) < 4.78 is 2.49. The maximum Gasteiger partial charge on any atom is 0.145 e. The second-order valence-corrected chi connectivity index (χ2v) is 10.5. The Bertz CT molecular complexity index is 1660. The van der Waals surface area contributed by atoms with Crippen LogP contribution in [0.25, 0.3) is 27.3 Å². The normalized spacial score (nSPS) is 14.5. The van der Waals surface area contributed by atoms with Crippen LogP contribution in [-0.4, -0.2) is 18.9 Å². The molecule has 0 bridgehead atoms.